The molecule has 0 rings (SSSR count). The number of hydrogen-bond acceptors (Lipinski definition) is 6. The molecule has 0 aromatic rings. The molecule has 17 heavy (non-hydrogen) atoms. The van der Waals surface area contributed by atoms with E-state index in [1.165, 1.54) is 0 Å². The van der Waals surface area contributed by atoms with Crippen molar-refractivity contribution in [3.05, 3.63) is 0 Å². The van der Waals surface area contributed by atoms with Crippen LogP contribution in [-0.2, 0) is 10.1 Å². The molecule has 0 aliphatic heterocycles. The van der Waals surface area contributed by atoms with Gasteiger partial charge in [-0.2, -0.15) is 0 Å². The summed E-state index contributed by atoms with van der Waals surface area (Å²) in [5.74, 6) is -0.298. The van der Waals surface area contributed by atoms with Gasteiger partial charge in [-0.15, -0.1) is 0 Å². The lowest BCUT2D eigenvalue weighted by Crippen LogP contribution is -2.38. The molecule has 1 unspecified atom stereocenters. The Morgan fingerprint density at radius 1 is 1.29 bits per heavy atom. The van der Waals surface area contributed by atoms with E-state index in [0.29, 0.717) is 19.0 Å². The Bertz CT molecular complexity index is 291. The molecule has 7 heteroatoms. The van der Waals surface area contributed by atoms with Gasteiger partial charge in [0.25, 0.3) is 0 Å². The van der Waals surface area contributed by atoms with Gasteiger partial charge in [0.2, 0.25) is 0 Å². The minimum atomic E-state index is -4.40. The highest BCUT2D eigenvalue weighted by molar-refractivity contribution is 7.85. The van der Waals surface area contributed by atoms with Crippen LogP contribution in [0.2, 0.25) is 0 Å². The maximum atomic E-state index is 10.5. The predicted octanol–water partition coefficient (Wildman–Crippen LogP) is -0.767. The van der Waals surface area contributed by atoms with Gasteiger partial charge in [-0.05, 0) is 18.9 Å². The normalized spacial score (nSPS) is 14.5. The van der Waals surface area contributed by atoms with Crippen molar-refractivity contribution in [2.24, 2.45) is 5.92 Å². The molecule has 2 N–H and O–H groups in total. The molecule has 0 spiro atoms. The Labute approximate surface area is 103 Å². The van der Waals surface area contributed by atoms with E-state index in [1.807, 2.05) is 0 Å². The zero-order valence-corrected chi connectivity index (χ0v) is 11.2. The zero-order valence-electron chi connectivity index (χ0n) is 10.4. The molecular weight excluding hydrogens is 246 g/mol. The summed E-state index contributed by atoms with van der Waals surface area (Å²) in [5, 5.41) is 18.3. The van der Waals surface area contributed by atoms with E-state index < -0.39 is 22.0 Å². The first-order valence-corrected chi connectivity index (χ1v) is 7.27. The van der Waals surface area contributed by atoms with Crippen LogP contribution in [0.4, 0.5) is 0 Å². The SMILES string of the molecule is CC(C)CCN(CCO)CC(O)CS(=O)(=O)[O-]. The van der Waals surface area contributed by atoms with Crippen molar-refractivity contribution in [3.63, 3.8) is 0 Å². The van der Waals surface area contributed by atoms with E-state index in [0.717, 1.165) is 6.42 Å². The highest BCUT2D eigenvalue weighted by atomic mass is 32.2. The van der Waals surface area contributed by atoms with E-state index in [-0.39, 0.29) is 13.2 Å². The van der Waals surface area contributed by atoms with E-state index in [1.54, 1.807) is 4.90 Å². The number of hydrogen-bond donors (Lipinski definition) is 2. The summed E-state index contributed by atoms with van der Waals surface area (Å²) >= 11 is 0. The van der Waals surface area contributed by atoms with Gasteiger partial charge in [-0.1, -0.05) is 13.8 Å². The third kappa shape index (κ3) is 10.7. The molecule has 0 aliphatic carbocycles. The molecule has 0 fully saturated rings. The predicted molar refractivity (Wildman–Crippen MR) is 63.6 cm³/mol. The molecule has 0 heterocycles. The number of aliphatic hydroxyl groups is 2. The maximum absolute atomic E-state index is 10.5. The summed E-state index contributed by atoms with van der Waals surface area (Å²) in [5.41, 5.74) is 0. The maximum Gasteiger partial charge on any atom is 0.0972 e. The summed E-state index contributed by atoms with van der Waals surface area (Å²) in [6, 6.07) is 0. The van der Waals surface area contributed by atoms with E-state index >= 15 is 0 Å². The molecule has 6 nitrogen and oxygen atoms in total. The van der Waals surface area contributed by atoms with Crippen molar-refractivity contribution in [1.82, 2.24) is 4.90 Å². The van der Waals surface area contributed by atoms with Gasteiger partial charge < -0.3 is 14.8 Å². The number of rotatable bonds is 9. The first-order valence-electron chi connectivity index (χ1n) is 5.69. The fraction of sp³-hybridized carbons (Fsp3) is 1.00. The first-order chi connectivity index (χ1) is 7.74. The fourth-order valence-corrected chi connectivity index (χ4v) is 2.04. The van der Waals surface area contributed by atoms with Crippen LogP contribution in [0.3, 0.4) is 0 Å². The molecule has 0 aliphatic rings. The summed E-state index contributed by atoms with van der Waals surface area (Å²) in [4.78, 5) is 1.76. The summed E-state index contributed by atoms with van der Waals surface area (Å²) in [6.07, 6.45) is -0.312. The molecule has 0 saturated carbocycles. The van der Waals surface area contributed by atoms with Crippen LogP contribution in [0, 0.1) is 5.92 Å². The molecule has 104 valence electrons. The Morgan fingerprint density at radius 2 is 1.88 bits per heavy atom. The highest BCUT2D eigenvalue weighted by Gasteiger charge is 2.14. The smallest absolute Gasteiger partial charge is 0.0972 e. The van der Waals surface area contributed by atoms with Crippen molar-refractivity contribution in [2.75, 3.05) is 32.0 Å². The zero-order chi connectivity index (χ0) is 13.5. The lowest BCUT2D eigenvalue weighted by molar-refractivity contribution is 0.108. The summed E-state index contributed by atoms with van der Waals surface area (Å²) in [6.45, 7) is 5.16. The molecule has 1 atom stereocenters. The molecular formula is C10H22NO5S-. The van der Waals surface area contributed by atoms with Gasteiger partial charge in [0.1, 0.15) is 0 Å². The standard InChI is InChI=1S/C10H23NO5S/c1-9(2)3-4-11(5-6-12)7-10(13)8-17(14,15)16/h9-10,12-13H,3-8H2,1-2H3,(H,14,15,16)/p-1. The van der Waals surface area contributed by atoms with E-state index in [2.05, 4.69) is 13.8 Å². The molecule has 0 amide bonds. The third-order valence-electron chi connectivity index (χ3n) is 2.30. The number of aliphatic hydroxyl groups excluding tert-OH is 2. The largest absolute Gasteiger partial charge is 0.748 e. The van der Waals surface area contributed by atoms with Crippen LogP contribution in [-0.4, -0.2) is 66.2 Å². The molecule has 0 aromatic carbocycles. The second-order valence-corrected chi connectivity index (χ2v) is 6.03. The fourth-order valence-electron chi connectivity index (χ4n) is 1.46. The average Bonchev–Trinajstić information content (AvgIpc) is 2.11. The van der Waals surface area contributed by atoms with Crippen molar-refractivity contribution < 1.29 is 23.2 Å². The van der Waals surface area contributed by atoms with E-state index in [9.17, 15) is 18.1 Å². The van der Waals surface area contributed by atoms with Crippen molar-refractivity contribution >= 4 is 10.1 Å². The van der Waals surface area contributed by atoms with Crippen molar-refractivity contribution in [1.29, 1.82) is 0 Å². The molecule has 0 saturated heterocycles. The lowest BCUT2D eigenvalue weighted by Gasteiger charge is -2.25. The Hall–Kier alpha value is -0.210. The minimum absolute atomic E-state index is 0.0606. The Balaban J connectivity index is 4.14. The Kier molecular flexibility index (Phi) is 7.89. The van der Waals surface area contributed by atoms with Crippen LogP contribution in [0.5, 0.6) is 0 Å². The quantitative estimate of drug-likeness (QED) is 0.533. The summed E-state index contributed by atoms with van der Waals surface area (Å²) < 4.78 is 31.4. The second kappa shape index (κ2) is 7.99. The lowest BCUT2D eigenvalue weighted by atomic mass is 10.1. The van der Waals surface area contributed by atoms with Gasteiger partial charge in [0.05, 0.1) is 28.6 Å². The average molecular weight is 268 g/mol. The van der Waals surface area contributed by atoms with Gasteiger partial charge in [0.15, 0.2) is 0 Å². The van der Waals surface area contributed by atoms with Gasteiger partial charge >= 0.3 is 0 Å². The third-order valence-corrected chi connectivity index (χ3v) is 3.10. The molecule has 0 bridgehead atoms. The van der Waals surface area contributed by atoms with Gasteiger partial charge in [0, 0.05) is 13.1 Å². The minimum Gasteiger partial charge on any atom is -0.748 e. The first kappa shape index (κ1) is 16.8. The Morgan fingerprint density at radius 3 is 2.29 bits per heavy atom. The summed E-state index contributed by atoms with van der Waals surface area (Å²) in [7, 11) is -4.40. The van der Waals surface area contributed by atoms with Crippen molar-refractivity contribution in [2.45, 2.75) is 26.4 Å². The molecule has 0 aromatic heterocycles. The van der Waals surface area contributed by atoms with Crippen molar-refractivity contribution in [3.8, 4) is 0 Å². The van der Waals surface area contributed by atoms with Crippen LogP contribution >= 0.6 is 0 Å². The van der Waals surface area contributed by atoms with Crippen LogP contribution in [0.25, 0.3) is 0 Å². The van der Waals surface area contributed by atoms with Crippen LogP contribution < -0.4 is 0 Å². The van der Waals surface area contributed by atoms with E-state index in [4.69, 9.17) is 5.11 Å². The second-order valence-electron chi connectivity index (χ2n) is 4.58. The number of nitrogens with zero attached hydrogens (tertiary/aromatic N) is 1. The highest BCUT2D eigenvalue weighted by Crippen LogP contribution is 2.03. The topological polar surface area (TPSA) is 101 Å². The monoisotopic (exact) mass is 268 g/mol. The van der Waals surface area contributed by atoms with Crippen LogP contribution in [0.1, 0.15) is 20.3 Å². The van der Waals surface area contributed by atoms with Gasteiger partial charge in [-0.25, -0.2) is 8.42 Å². The molecule has 0 radical (unpaired) electrons. The van der Waals surface area contributed by atoms with Crippen LogP contribution in [0.15, 0.2) is 0 Å². The van der Waals surface area contributed by atoms with Gasteiger partial charge in [-0.3, -0.25) is 4.90 Å².